The Kier molecular flexibility index (Phi) is 7.86. The molecule has 2 amide bonds. The van der Waals surface area contributed by atoms with E-state index in [0.717, 1.165) is 32.4 Å². The van der Waals surface area contributed by atoms with Gasteiger partial charge in [-0.25, -0.2) is 0 Å². The molecule has 2 aliphatic rings. The van der Waals surface area contributed by atoms with Gasteiger partial charge in [0.15, 0.2) is 0 Å². The molecule has 0 aromatic carbocycles. The van der Waals surface area contributed by atoms with Crippen LogP contribution in [0, 0.1) is 0 Å². The number of hydrogen-bond acceptors (Lipinski definition) is 5. The monoisotopic (exact) mass is 391 g/mol. The van der Waals surface area contributed by atoms with Crippen LogP contribution in [0.2, 0.25) is 0 Å². The first-order chi connectivity index (χ1) is 13.2. The summed E-state index contributed by atoms with van der Waals surface area (Å²) in [7, 11) is 0. The van der Waals surface area contributed by atoms with Gasteiger partial charge in [0.05, 0.1) is 19.3 Å². The molecule has 2 heterocycles. The summed E-state index contributed by atoms with van der Waals surface area (Å²) >= 11 is 1.64. The van der Waals surface area contributed by atoms with Crippen molar-refractivity contribution in [1.82, 2.24) is 15.5 Å². The number of hydrogen-bond donors (Lipinski definition) is 2. The van der Waals surface area contributed by atoms with E-state index in [-0.39, 0.29) is 6.04 Å². The van der Waals surface area contributed by atoms with Gasteiger partial charge < -0.3 is 15.4 Å². The molecule has 0 bridgehead atoms. The molecule has 1 aliphatic carbocycles. The molecule has 0 saturated carbocycles. The number of ether oxygens (including phenoxy) is 1. The van der Waals surface area contributed by atoms with Gasteiger partial charge in [0, 0.05) is 26.2 Å². The molecule has 1 atom stereocenters. The van der Waals surface area contributed by atoms with Crippen molar-refractivity contribution in [1.29, 1.82) is 0 Å². The highest BCUT2D eigenvalue weighted by Gasteiger charge is 2.24. The Morgan fingerprint density at radius 3 is 2.70 bits per heavy atom. The number of amides is 2. The van der Waals surface area contributed by atoms with E-state index in [9.17, 15) is 9.59 Å². The van der Waals surface area contributed by atoms with Gasteiger partial charge in [-0.15, -0.1) is 0 Å². The molecule has 1 aromatic rings. The van der Waals surface area contributed by atoms with Crippen molar-refractivity contribution < 1.29 is 14.3 Å². The molecular formula is C20H29N3O3S. The van der Waals surface area contributed by atoms with Crippen LogP contribution in [0.25, 0.3) is 0 Å². The first kappa shape index (κ1) is 20.0. The van der Waals surface area contributed by atoms with Crippen molar-refractivity contribution >= 4 is 23.2 Å². The van der Waals surface area contributed by atoms with Crippen molar-refractivity contribution in [2.75, 3.05) is 39.4 Å². The lowest BCUT2D eigenvalue weighted by molar-refractivity contribution is -0.139. The van der Waals surface area contributed by atoms with Gasteiger partial charge in [0.1, 0.15) is 0 Å². The Morgan fingerprint density at radius 2 is 2.00 bits per heavy atom. The smallest absolute Gasteiger partial charge is 0.309 e. The maximum Gasteiger partial charge on any atom is 0.309 e. The zero-order valence-electron chi connectivity index (χ0n) is 15.7. The average molecular weight is 392 g/mol. The van der Waals surface area contributed by atoms with Crippen molar-refractivity contribution in [3.8, 4) is 0 Å². The maximum absolute atomic E-state index is 12.2. The molecule has 1 fully saturated rings. The van der Waals surface area contributed by atoms with Gasteiger partial charge >= 0.3 is 11.8 Å². The van der Waals surface area contributed by atoms with Gasteiger partial charge in [-0.1, -0.05) is 11.6 Å². The quantitative estimate of drug-likeness (QED) is 0.552. The Morgan fingerprint density at radius 1 is 1.19 bits per heavy atom. The number of nitrogens with one attached hydrogen (secondary N) is 2. The number of rotatable bonds is 7. The molecule has 7 heteroatoms. The highest BCUT2D eigenvalue weighted by Crippen LogP contribution is 2.23. The summed E-state index contributed by atoms with van der Waals surface area (Å²) < 4.78 is 5.43. The van der Waals surface area contributed by atoms with Gasteiger partial charge in [-0.3, -0.25) is 14.5 Å². The number of carbonyl (C=O) groups excluding carboxylic acids is 2. The lowest BCUT2D eigenvalue weighted by Crippen LogP contribution is -2.46. The maximum atomic E-state index is 12.2. The zero-order chi connectivity index (χ0) is 18.9. The molecule has 1 unspecified atom stereocenters. The molecular weight excluding hydrogens is 362 g/mol. The van der Waals surface area contributed by atoms with E-state index >= 15 is 0 Å². The summed E-state index contributed by atoms with van der Waals surface area (Å²) in [5.41, 5.74) is 2.57. The molecule has 1 aromatic heterocycles. The predicted molar refractivity (Wildman–Crippen MR) is 107 cm³/mol. The Balaban J connectivity index is 1.45. The van der Waals surface area contributed by atoms with Crippen molar-refractivity contribution in [3.05, 3.63) is 34.0 Å². The van der Waals surface area contributed by atoms with Gasteiger partial charge in [0.2, 0.25) is 0 Å². The van der Waals surface area contributed by atoms with Crippen LogP contribution in [-0.4, -0.2) is 56.1 Å². The van der Waals surface area contributed by atoms with E-state index in [2.05, 4.69) is 33.1 Å². The molecule has 0 radical (unpaired) electrons. The van der Waals surface area contributed by atoms with E-state index in [1.807, 2.05) is 5.38 Å². The fourth-order valence-electron chi connectivity index (χ4n) is 3.63. The molecule has 1 saturated heterocycles. The highest BCUT2D eigenvalue weighted by atomic mass is 32.1. The lowest BCUT2D eigenvalue weighted by Gasteiger charge is -2.34. The van der Waals surface area contributed by atoms with Crippen LogP contribution in [-0.2, 0) is 14.3 Å². The largest absolute Gasteiger partial charge is 0.379 e. The van der Waals surface area contributed by atoms with Crippen molar-refractivity contribution in [2.24, 2.45) is 0 Å². The molecule has 27 heavy (non-hydrogen) atoms. The van der Waals surface area contributed by atoms with Crippen LogP contribution in [0.5, 0.6) is 0 Å². The summed E-state index contributed by atoms with van der Waals surface area (Å²) in [5, 5.41) is 9.70. The Bertz CT molecular complexity index is 639. The van der Waals surface area contributed by atoms with Crippen molar-refractivity contribution in [3.63, 3.8) is 0 Å². The van der Waals surface area contributed by atoms with E-state index in [4.69, 9.17) is 4.74 Å². The predicted octanol–water partition coefficient (Wildman–Crippen LogP) is 2.24. The summed E-state index contributed by atoms with van der Waals surface area (Å²) in [6.45, 7) is 4.01. The second-order valence-electron chi connectivity index (χ2n) is 7.04. The minimum Gasteiger partial charge on any atom is -0.379 e. The molecule has 0 spiro atoms. The van der Waals surface area contributed by atoms with Crippen LogP contribution in [0.4, 0.5) is 0 Å². The minimum atomic E-state index is -0.555. The standard InChI is InChI=1S/C20H29N3O3S/c24-19(21-8-6-16-4-2-1-3-5-16)20(25)22-14-18(17-7-13-27-15-17)23-9-11-26-12-10-23/h4,7,13,15,18H,1-3,5-6,8-12,14H2,(H,21,24)(H,22,25). The summed E-state index contributed by atoms with van der Waals surface area (Å²) in [6, 6.07) is 2.15. The van der Waals surface area contributed by atoms with Crippen LogP contribution in [0.1, 0.15) is 43.7 Å². The summed E-state index contributed by atoms with van der Waals surface area (Å²) in [4.78, 5) is 26.6. The van der Waals surface area contributed by atoms with Crippen molar-refractivity contribution in [2.45, 2.75) is 38.1 Å². The molecule has 148 valence electrons. The number of carbonyl (C=O) groups is 2. The average Bonchev–Trinajstić information content (AvgIpc) is 3.24. The van der Waals surface area contributed by atoms with Crippen LogP contribution in [0.3, 0.4) is 0 Å². The first-order valence-corrected chi connectivity index (χ1v) is 10.8. The third kappa shape index (κ3) is 6.16. The third-order valence-electron chi connectivity index (χ3n) is 5.19. The fourth-order valence-corrected chi connectivity index (χ4v) is 4.34. The third-order valence-corrected chi connectivity index (χ3v) is 5.89. The van der Waals surface area contributed by atoms with E-state index in [0.29, 0.717) is 26.3 Å². The van der Waals surface area contributed by atoms with Gasteiger partial charge in [0.25, 0.3) is 0 Å². The van der Waals surface area contributed by atoms with E-state index in [1.165, 1.54) is 24.0 Å². The normalized spacial score (nSPS) is 19.2. The topological polar surface area (TPSA) is 70.7 Å². The SMILES string of the molecule is O=C(NCCC1=CCCCC1)C(=O)NCC(c1ccsc1)N1CCOCC1. The van der Waals surface area contributed by atoms with Gasteiger partial charge in [-0.05, 0) is 54.5 Å². The molecule has 2 N–H and O–H groups in total. The number of allylic oxidation sites excluding steroid dienone is 1. The van der Waals surface area contributed by atoms with Crippen LogP contribution in [0.15, 0.2) is 28.5 Å². The Hall–Kier alpha value is -1.70. The highest BCUT2D eigenvalue weighted by molar-refractivity contribution is 7.07. The molecule has 3 rings (SSSR count). The number of thiophene rings is 1. The lowest BCUT2D eigenvalue weighted by atomic mass is 9.97. The first-order valence-electron chi connectivity index (χ1n) is 9.82. The van der Waals surface area contributed by atoms with Crippen LogP contribution < -0.4 is 10.6 Å². The molecule has 6 nitrogen and oxygen atoms in total. The number of nitrogens with zero attached hydrogens (tertiary/aromatic N) is 1. The second kappa shape index (κ2) is 10.6. The fraction of sp³-hybridized carbons (Fsp3) is 0.600. The molecule has 1 aliphatic heterocycles. The number of morpholine rings is 1. The zero-order valence-corrected chi connectivity index (χ0v) is 16.6. The second-order valence-corrected chi connectivity index (χ2v) is 7.82. The summed E-state index contributed by atoms with van der Waals surface area (Å²) in [5.74, 6) is -1.10. The Labute approximate surface area is 165 Å². The van der Waals surface area contributed by atoms with E-state index < -0.39 is 11.8 Å². The van der Waals surface area contributed by atoms with E-state index in [1.54, 1.807) is 11.3 Å². The van der Waals surface area contributed by atoms with Gasteiger partial charge in [-0.2, -0.15) is 11.3 Å². The van der Waals surface area contributed by atoms with Crippen LogP contribution >= 0.6 is 11.3 Å². The summed E-state index contributed by atoms with van der Waals surface area (Å²) in [6.07, 6.45) is 7.84. The minimum absolute atomic E-state index is 0.0734.